The zero-order valence-electron chi connectivity index (χ0n) is 7.72. The van der Waals surface area contributed by atoms with Crippen LogP contribution in [-0.2, 0) is 6.42 Å². The molecule has 1 heterocycles. The summed E-state index contributed by atoms with van der Waals surface area (Å²) in [6.45, 7) is 0. The summed E-state index contributed by atoms with van der Waals surface area (Å²) in [5.74, 6) is 0. The minimum absolute atomic E-state index is 0.110. The van der Waals surface area contributed by atoms with Crippen LogP contribution in [0.3, 0.4) is 0 Å². The van der Waals surface area contributed by atoms with Crippen LogP contribution in [0.5, 0.6) is 0 Å². The molecule has 0 aliphatic carbocycles. The quantitative estimate of drug-likeness (QED) is 0.580. The molecule has 1 atom stereocenters. The van der Waals surface area contributed by atoms with Gasteiger partial charge in [-0.3, -0.25) is 4.98 Å². The van der Waals surface area contributed by atoms with Crippen LogP contribution in [0, 0.1) is 0 Å². The Kier molecular flexibility index (Phi) is 2.70. The summed E-state index contributed by atoms with van der Waals surface area (Å²) >= 11 is 4.19. The fourth-order valence-electron chi connectivity index (χ4n) is 1.56. The Balaban J connectivity index is 2.53. The predicted octanol–water partition coefficient (Wildman–Crippen LogP) is 1.99. The third kappa shape index (κ3) is 1.89. The summed E-state index contributed by atoms with van der Waals surface area (Å²) in [6, 6.07) is 10.1. The lowest BCUT2D eigenvalue weighted by Crippen LogP contribution is -2.15. The zero-order chi connectivity index (χ0) is 9.97. The van der Waals surface area contributed by atoms with E-state index in [1.807, 2.05) is 30.5 Å². The van der Waals surface area contributed by atoms with Crippen molar-refractivity contribution in [2.75, 3.05) is 0 Å². The normalized spacial score (nSPS) is 13.0. The molecule has 3 heteroatoms. The summed E-state index contributed by atoms with van der Waals surface area (Å²) in [6.07, 6.45) is 2.58. The average molecular weight is 204 g/mol. The number of fused-ring (bicyclic) bond motifs is 1. The number of nitrogens with two attached hydrogens (primary N) is 1. The second kappa shape index (κ2) is 3.98. The number of hydrogen-bond acceptors (Lipinski definition) is 3. The maximum Gasteiger partial charge on any atom is 0.0704 e. The Bertz CT molecular complexity index is 435. The van der Waals surface area contributed by atoms with Crippen LogP contribution in [-0.4, -0.2) is 10.4 Å². The Hall–Kier alpha value is -1.06. The van der Waals surface area contributed by atoms with Crippen molar-refractivity contribution in [1.29, 1.82) is 0 Å². The lowest BCUT2D eigenvalue weighted by atomic mass is 10.1. The van der Waals surface area contributed by atoms with Gasteiger partial charge >= 0.3 is 0 Å². The summed E-state index contributed by atoms with van der Waals surface area (Å²) in [5, 5.41) is 1.06. The van der Waals surface area contributed by atoms with Crippen molar-refractivity contribution in [3.8, 4) is 0 Å². The lowest BCUT2D eigenvalue weighted by molar-refractivity contribution is 0.914. The van der Waals surface area contributed by atoms with Crippen LogP contribution >= 0.6 is 12.6 Å². The first-order chi connectivity index (χ1) is 6.77. The predicted molar refractivity (Wildman–Crippen MR) is 62.4 cm³/mol. The molecule has 0 saturated carbocycles. The second-order valence-electron chi connectivity index (χ2n) is 3.26. The molecule has 2 rings (SSSR count). The van der Waals surface area contributed by atoms with Gasteiger partial charge in [0, 0.05) is 11.6 Å². The highest BCUT2D eigenvalue weighted by Crippen LogP contribution is 2.17. The van der Waals surface area contributed by atoms with Crippen LogP contribution in [0.2, 0.25) is 0 Å². The van der Waals surface area contributed by atoms with Crippen LogP contribution < -0.4 is 5.73 Å². The number of para-hydroxylation sites is 1. The van der Waals surface area contributed by atoms with Crippen molar-refractivity contribution in [2.24, 2.45) is 5.73 Å². The largest absolute Gasteiger partial charge is 0.319 e. The minimum Gasteiger partial charge on any atom is -0.319 e. The van der Waals surface area contributed by atoms with Gasteiger partial charge in [0.2, 0.25) is 0 Å². The fourth-order valence-corrected chi connectivity index (χ4v) is 1.76. The van der Waals surface area contributed by atoms with Crippen LogP contribution in [0.25, 0.3) is 10.9 Å². The number of pyridine rings is 1. The third-order valence-electron chi connectivity index (χ3n) is 2.17. The molecule has 0 aliphatic rings. The molecule has 2 aromatic rings. The Morgan fingerprint density at radius 2 is 2.07 bits per heavy atom. The molecule has 0 spiro atoms. The van der Waals surface area contributed by atoms with Crippen LogP contribution in [0.15, 0.2) is 36.5 Å². The number of nitrogens with zero attached hydrogens (tertiary/aromatic N) is 1. The van der Waals surface area contributed by atoms with E-state index in [9.17, 15) is 0 Å². The Morgan fingerprint density at radius 3 is 2.86 bits per heavy atom. The van der Waals surface area contributed by atoms with Crippen molar-refractivity contribution >= 4 is 23.5 Å². The fraction of sp³-hybridized carbons (Fsp3) is 0.182. The first-order valence-electron chi connectivity index (χ1n) is 4.53. The van der Waals surface area contributed by atoms with E-state index >= 15 is 0 Å². The summed E-state index contributed by atoms with van der Waals surface area (Å²) in [7, 11) is 0. The van der Waals surface area contributed by atoms with Crippen LogP contribution in [0.4, 0.5) is 0 Å². The minimum atomic E-state index is -0.110. The highest BCUT2D eigenvalue weighted by Gasteiger charge is 2.03. The van der Waals surface area contributed by atoms with E-state index in [0.29, 0.717) is 0 Å². The molecule has 1 aromatic heterocycles. The lowest BCUT2D eigenvalue weighted by Gasteiger charge is -2.07. The molecule has 1 unspecified atom stereocenters. The third-order valence-corrected chi connectivity index (χ3v) is 2.35. The van der Waals surface area contributed by atoms with E-state index in [0.717, 1.165) is 11.9 Å². The number of benzene rings is 1. The van der Waals surface area contributed by atoms with E-state index in [4.69, 9.17) is 5.73 Å². The van der Waals surface area contributed by atoms with Gasteiger partial charge in [0.15, 0.2) is 0 Å². The smallest absolute Gasteiger partial charge is 0.0704 e. The monoisotopic (exact) mass is 204 g/mol. The SMILES string of the molecule is NC(S)Cc1ccnc2ccccc12. The number of hydrogen-bond donors (Lipinski definition) is 2. The van der Waals surface area contributed by atoms with Gasteiger partial charge in [0.1, 0.15) is 0 Å². The number of aromatic nitrogens is 1. The molecule has 0 aliphatic heterocycles. The molecule has 0 saturated heterocycles. The number of thiol groups is 1. The molecule has 0 amide bonds. The Labute approximate surface area is 88.6 Å². The van der Waals surface area contributed by atoms with E-state index in [1.54, 1.807) is 0 Å². The molecule has 0 bridgehead atoms. The molecule has 14 heavy (non-hydrogen) atoms. The molecule has 2 N–H and O–H groups in total. The molecule has 0 fully saturated rings. The molecular formula is C11H12N2S. The molecular weight excluding hydrogens is 192 g/mol. The Morgan fingerprint density at radius 1 is 1.29 bits per heavy atom. The molecule has 72 valence electrons. The van der Waals surface area contributed by atoms with Crippen molar-refractivity contribution in [3.63, 3.8) is 0 Å². The van der Waals surface area contributed by atoms with E-state index in [1.165, 1.54) is 10.9 Å². The van der Waals surface area contributed by atoms with Crippen molar-refractivity contribution in [1.82, 2.24) is 4.98 Å². The van der Waals surface area contributed by atoms with Crippen molar-refractivity contribution in [2.45, 2.75) is 11.8 Å². The van der Waals surface area contributed by atoms with Gasteiger partial charge in [-0.2, -0.15) is 12.6 Å². The van der Waals surface area contributed by atoms with Gasteiger partial charge in [-0.1, -0.05) is 18.2 Å². The van der Waals surface area contributed by atoms with Gasteiger partial charge in [-0.25, -0.2) is 0 Å². The summed E-state index contributed by atoms with van der Waals surface area (Å²) < 4.78 is 0. The zero-order valence-corrected chi connectivity index (χ0v) is 8.61. The van der Waals surface area contributed by atoms with E-state index in [-0.39, 0.29) is 5.37 Å². The first kappa shape index (κ1) is 9.49. The highest BCUT2D eigenvalue weighted by atomic mass is 32.1. The summed E-state index contributed by atoms with van der Waals surface area (Å²) in [5.41, 5.74) is 7.88. The summed E-state index contributed by atoms with van der Waals surface area (Å²) in [4.78, 5) is 4.28. The van der Waals surface area contributed by atoms with Gasteiger partial charge < -0.3 is 5.73 Å². The molecule has 0 radical (unpaired) electrons. The van der Waals surface area contributed by atoms with Gasteiger partial charge in [-0.05, 0) is 24.1 Å². The molecule has 2 nitrogen and oxygen atoms in total. The topological polar surface area (TPSA) is 38.9 Å². The van der Waals surface area contributed by atoms with E-state index in [2.05, 4.69) is 23.7 Å². The van der Waals surface area contributed by atoms with Crippen molar-refractivity contribution in [3.05, 3.63) is 42.1 Å². The van der Waals surface area contributed by atoms with E-state index < -0.39 is 0 Å². The van der Waals surface area contributed by atoms with Gasteiger partial charge in [-0.15, -0.1) is 0 Å². The highest BCUT2D eigenvalue weighted by molar-refractivity contribution is 7.80. The first-order valence-corrected chi connectivity index (χ1v) is 5.05. The number of rotatable bonds is 2. The van der Waals surface area contributed by atoms with Crippen LogP contribution in [0.1, 0.15) is 5.56 Å². The van der Waals surface area contributed by atoms with Gasteiger partial charge in [0.05, 0.1) is 10.9 Å². The average Bonchev–Trinajstić information content (AvgIpc) is 2.18. The maximum absolute atomic E-state index is 5.66. The molecule has 1 aromatic carbocycles. The standard InChI is InChI=1S/C11H12N2S/c12-11(14)7-8-5-6-13-10-4-2-1-3-9(8)10/h1-6,11,14H,7,12H2. The second-order valence-corrected chi connectivity index (χ2v) is 3.92. The van der Waals surface area contributed by atoms with Crippen molar-refractivity contribution < 1.29 is 0 Å². The van der Waals surface area contributed by atoms with Gasteiger partial charge in [0.25, 0.3) is 0 Å². The maximum atomic E-state index is 5.66.